The molecule has 0 spiro atoms. The van der Waals surface area contributed by atoms with Crippen molar-refractivity contribution < 1.29 is 14.3 Å². The standard InChI is InChI=1S/C14H17NO3S/c1-2-18-14(17)11-5-3-10(4-6-11)9-19-13-7-12(8-16)15-13/h3-6,8,12-13,15H,2,7,9H2,1H3. The lowest BCUT2D eigenvalue weighted by Crippen LogP contribution is -2.51. The Kier molecular flexibility index (Phi) is 4.99. The normalized spacial score (nSPS) is 21.5. The lowest BCUT2D eigenvalue weighted by Gasteiger charge is -2.33. The molecular weight excluding hydrogens is 262 g/mol. The molecule has 19 heavy (non-hydrogen) atoms. The minimum atomic E-state index is -0.281. The Morgan fingerprint density at radius 2 is 2.16 bits per heavy atom. The van der Waals surface area contributed by atoms with E-state index in [1.807, 2.05) is 12.1 Å². The third kappa shape index (κ3) is 3.81. The minimum absolute atomic E-state index is 0.0312. The predicted octanol–water partition coefficient (Wildman–Crippen LogP) is 1.98. The van der Waals surface area contributed by atoms with Gasteiger partial charge in [-0.15, -0.1) is 11.8 Å². The molecular formula is C14H17NO3S. The summed E-state index contributed by atoms with van der Waals surface area (Å²) in [6.07, 6.45) is 1.85. The maximum Gasteiger partial charge on any atom is 0.338 e. The van der Waals surface area contributed by atoms with Crippen LogP contribution in [0.2, 0.25) is 0 Å². The molecule has 1 aromatic carbocycles. The fourth-order valence-electron chi connectivity index (χ4n) is 1.80. The zero-order valence-electron chi connectivity index (χ0n) is 10.8. The Hall–Kier alpha value is -1.33. The predicted molar refractivity (Wildman–Crippen MR) is 75.1 cm³/mol. The highest BCUT2D eigenvalue weighted by molar-refractivity contribution is 7.99. The lowest BCUT2D eigenvalue weighted by molar-refractivity contribution is -0.111. The van der Waals surface area contributed by atoms with Gasteiger partial charge in [0, 0.05) is 5.75 Å². The second kappa shape index (κ2) is 6.73. The van der Waals surface area contributed by atoms with Gasteiger partial charge in [-0.05, 0) is 31.0 Å². The van der Waals surface area contributed by atoms with Crippen LogP contribution in [0, 0.1) is 0 Å². The number of carbonyl (C=O) groups excluding carboxylic acids is 2. The Bertz CT molecular complexity index is 441. The number of hydrogen-bond acceptors (Lipinski definition) is 5. The largest absolute Gasteiger partial charge is 0.462 e. The number of benzene rings is 1. The van der Waals surface area contributed by atoms with Crippen molar-refractivity contribution in [1.82, 2.24) is 5.32 Å². The first-order valence-corrected chi connectivity index (χ1v) is 7.36. The maximum absolute atomic E-state index is 11.5. The third-order valence-corrected chi connectivity index (χ3v) is 4.18. The van der Waals surface area contributed by atoms with Gasteiger partial charge in [-0.2, -0.15) is 0 Å². The first-order valence-electron chi connectivity index (χ1n) is 6.32. The van der Waals surface area contributed by atoms with E-state index < -0.39 is 0 Å². The topological polar surface area (TPSA) is 55.4 Å². The molecule has 0 aromatic heterocycles. The molecule has 0 bridgehead atoms. The van der Waals surface area contributed by atoms with E-state index in [1.165, 1.54) is 0 Å². The molecule has 2 unspecified atom stereocenters. The van der Waals surface area contributed by atoms with Gasteiger partial charge in [-0.3, -0.25) is 5.32 Å². The van der Waals surface area contributed by atoms with Gasteiger partial charge in [0.2, 0.25) is 0 Å². The van der Waals surface area contributed by atoms with Crippen LogP contribution >= 0.6 is 11.8 Å². The van der Waals surface area contributed by atoms with E-state index in [1.54, 1.807) is 30.8 Å². The van der Waals surface area contributed by atoms with Crippen molar-refractivity contribution in [2.24, 2.45) is 0 Å². The summed E-state index contributed by atoms with van der Waals surface area (Å²) in [7, 11) is 0. The molecule has 1 aliphatic heterocycles. The fraction of sp³-hybridized carbons (Fsp3) is 0.429. The van der Waals surface area contributed by atoms with Crippen molar-refractivity contribution >= 4 is 24.0 Å². The van der Waals surface area contributed by atoms with E-state index in [-0.39, 0.29) is 12.0 Å². The number of aldehydes is 1. The van der Waals surface area contributed by atoms with Gasteiger partial charge < -0.3 is 9.53 Å². The molecule has 102 valence electrons. The molecule has 1 N–H and O–H groups in total. The second-order valence-corrected chi connectivity index (χ2v) is 5.55. The zero-order chi connectivity index (χ0) is 13.7. The van der Waals surface area contributed by atoms with Crippen LogP contribution in [0.3, 0.4) is 0 Å². The number of rotatable bonds is 6. The molecule has 1 fully saturated rings. The van der Waals surface area contributed by atoms with E-state index in [4.69, 9.17) is 4.74 Å². The molecule has 1 aliphatic rings. The first kappa shape index (κ1) is 14.1. The second-order valence-electron chi connectivity index (χ2n) is 4.36. The Labute approximate surface area is 116 Å². The van der Waals surface area contributed by atoms with Crippen LogP contribution in [0.1, 0.15) is 29.3 Å². The molecule has 4 nitrogen and oxygen atoms in total. The number of ether oxygens (including phenoxy) is 1. The maximum atomic E-state index is 11.5. The zero-order valence-corrected chi connectivity index (χ0v) is 11.6. The molecule has 0 saturated carbocycles. The van der Waals surface area contributed by atoms with Crippen molar-refractivity contribution in [3.05, 3.63) is 35.4 Å². The van der Waals surface area contributed by atoms with Crippen LogP contribution < -0.4 is 5.32 Å². The summed E-state index contributed by atoms with van der Waals surface area (Å²) in [4.78, 5) is 21.9. The first-order chi connectivity index (χ1) is 9.22. The van der Waals surface area contributed by atoms with Gasteiger partial charge in [0.1, 0.15) is 6.29 Å². The highest BCUT2D eigenvalue weighted by atomic mass is 32.2. The average Bonchev–Trinajstić information content (AvgIpc) is 2.38. The summed E-state index contributed by atoms with van der Waals surface area (Å²) < 4.78 is 4.93. The van der Waals surface area contributed by atoms with Gasteiger partial charge in [0.15, 0.2) is 0 Å². The van der Waals surface area contributed by atoms with E-state index >= 15 is 0 Å². The average molecular weight is 279 g/mol. The van der Waals surface area contributed by atoms with E-state index in [0.717, 1.165) is 24.0 Å². The van der Waals surface area contributed by atoms with E-state index in [0.29, 0.717) is 17.5 Å². The van der Waals surface area contributed by atoms with Crippen molar-refractivity contribution in [3.63, 3.8) is 0 Å². The number of hydrogen-bond donors (Lipinski definition) is 1. The number of esters is 1. The SMILES string of the molecule is CCOC(=O)c1ccc(CSC2CC(C=O)N2)cc1. The number of nitrogens with one attached hydrogen (secondary N) is 1. The molecule has 1 heterocycles. The monoisotopic (exact) mass is 279 g/mol. The van der Waals surface area contributed by atoms with Crippen LogP contribution in [0.25, 0.3) is 0 Å². The summed E-state index contributed by atoms with van der Waals surface area (Å²) in [5.41, 5.74) is 1.74. The number of thioether (sulfide) groups is 1. The molecule has 2 rings (SSSR count). The lowest BCUT2D eigenvalue weighted by atomic mass is 10.1. The fourth-order valence-corrected chi connectivity index (χ4v) is 3.00. The summed E-state index contributed by atoms with van der Waals surface area (Å²) in [6.45, 7) is 2.18. The molecule has 1 aromatic rings. The molecule has 0 amide bonds. The van der Waals surface area contributed by atoms with Gasteiger partial charge in [0.25, 0.3) is 0 Å². The van der Waals surface area contributed by atoms with Crippen LogP contribution in [0.15, 0.2) is 24.3 Å². The summed E-state index contributed by atoms with van der Waals surface area (Å²) >= 11 is 1.77. The summed E-state index contributed by atoms with van der Waals surface area (Å²) in [5, 5.41) is 3.53. The molecule has 5 heteroatoms. The number of carbonyl (C=O) groups is 2. The van der Waals surface area contributed by atoms with Gasteiger partial charge >= 0.3 is 5.97 Å². The van der Waals surface area contributed by atoms with Crippen LogP contribution in [-0.2, 0) is 15.3 Å². The van der Waals surface area contributed by atoms with Crippen molar-refractivity contribution in [1.29, 1.82) is 0 Å². The highest BCUT2D eigenvalue weighted by Crippen LogP contribution is 2.25. The van der Waals surface area contributed by atoms with Gasteiger partial charge in [-0.1, -0.05) is 12.1 Å². The van der Waals surface area contributed by atoms with Crippen molar-refractivity contribution in [3.8, 4) is 0 Å². The van der Waals surface area contributed by atoms with Crippen molar-refractivity contribution in [2.75, 3.05) is 6.61 Å². The minimum Gasteiger partial charge on any atom is -0.462 e. The van der Waals surface area contributed by atoms with E-state index in [9.17, 15) is 9.59 Å². The Morgan fingerprint density at radius 3 is 2.74 bits per heavy atom. The van der Waals surface area contributed by atoms with Gasteiger partial charge in [0.05, 0.1) is 23.6 Å². The Morgan fingerprint density at radius 1 is 1.47 bits per heavy atom. The summed E-state index contributed by atoms with van der Waals surface area (Å²) in [5.74, 6) is 0.586. The van der Waals surface area contributed by atoms with Gasteiger partial charge in [-0.25, -0.2) is 4.79 Å². The van der Waals surface area contributed by atoms with Crippen LogP contribution in [0.4, 0.5) is 0 Å². The quantitative estimate of drug-likeness (QED) is 0.637. The Balaban J connectivity index is 1.79. The van der Waals surface area contributed by atoms with Crippen molar-refractivity contribution in [2.45, 2.75) is 30.5 Å². The molecule has 1 saturated heterocycles. The third-order valence-electron chi connectivity index (χ3n) is 2.95. The van der Waals surface area contributed by atoms with Crippen LogP contribution in [0.5, 0.6) is 0 Å². The smallest absolute Gasteiger partial charge is 0.338 e. The van der Waals surface area contributed by atoms with Crippen LogP contribution in [-0.4, -0.2) is 30.3 Å². The molecule has 0 radical (unpaired) electrons. The molecule has 0 aliphatic carbocycles. The highest BCUT2D eigenvalue weighted by Gasteiger charge is 2.27. The van der Waals surface area contributed by atoms with E-state index in [2.05, 4.69) is 5.32 Å². The summed E-state index contributed by atoms with van der Waals surface area (Å²) in [6, 6.07) is 7.49. The molecule has 2 atom stereocenters.